The van der Waals surface area contributed by atoms with E-state index in [4.69, 9.17) is 30.1 Å². The van der Waals surface area contributed by atoms with Gasteiger partial charge in [-0.15, -0.1) is 0 Å². The molecule has 0 bridgehead atoms. The Labute approximate surface area is 238 Å². The minimum Gasteiger partial charge on any atom is -0.504 e. The summed E-state index contributed by atoms with van der Waals surface area (Å²) >= 11 is 0. The number of aromatic carboxylic acids is 1. The van der Waals surface area contributed by atoms with E-state index in [-0.39, 0.29) is 40.0 Å². The van der Waals surface area contributed by atoms with E-state index in [1.165, 1.54) is 25.3 Å². The van der Waals surface area contributed by atoms with Crippen LogP contribution >= 0.6 is 0 Å². The number of aromatic nitrogens is 1. The number of benzene rings is 3. The van der Waals surface area contributed by atoms with Crippen molar-refractivity contribution < 1.29 is 42.7 Å². The highest BCUT2D eigenvalue weighted by molar-refractivity contribution is 5.95. The smallest absolute Gasteiger partial charge is 0.335 e. The number of nitrogen functional groups attached to an aromatic ring is 1. The Kier molecular flexibility index (Phi) is 8.72. The molecule has 0 aliphatic heterocycles. The van der Waals surface area contributed by atoms with Crippen LogP contribution in [-0.2, 0) is 6.54 Å². The lowest BCUT2D eigenvalue weighted by Crippen LogP contribution is -2.11. The van der Waals surface area contributed by atoms with E-state index >= 15 is 8.78 Å². The average molecular weight is 581 g/mol. The fourth-order valence-electron chi connectivity index (χ4n) is 3.75. The van der Waals surface area contributed by atoms with Crippen LogP contribution in [0, 0.1) is 17.0 Å². The van der Waals surface area contributed by atoms with E-state index in [0.717, 1.165) is 23.8 Å². The molecule has 11 nitrogen and oxygen atoms in total. The molecule has 0 radical (unpaired) electrons. The highest BCUT2D eigenvalue weighted by Crippen LogP contribution is 2.43. The Morgan fingerprint density at radius 2 is 1.60 bits per heavy atom. The molecule has 4 aromatic rings. The van der Waals surface area contributed by atoms with Crippen LogP contribution in [0.1, 0.15) is 21.5 Å². The second-order valence-corrected chi connectivity index (χ2v) is 9.14. The molecule has 13 heteroatoms. The molecule has 218 valence electrons. The van der Waals surface area contributed by atoms with Crippen LogP contribution in [0.15, 0.2) is 60.7 Å². The molecule has 0 amide bonds. The van der Waals surface area contributed by atoms with Crippen molar-refractivity contribution in [3.05, 3.63) is 89.0 Å². The number of hydrogen-bond acceptors (Lipinski definition) is 9. The number of nitrogens with zero attached hydrogens (tertiary/aromatic N) is 2. The van der Waals surface area contributed by atoms with Gasteiger partial charge in [-0.05, 0) is 68.2 Å². The Morgan fingerprint density at radius 1 is 0.929 bits per heavy atom. The lowest BCUT2D eigenvalue weighted by molar-refractivity contribution is 0.0696. The number of hydrogen-bond donors (Lipinski definition) is 4. The Bertz CT molecular complexity index is 1660. The molecule has 1 heterocycles. The Balaban J connectivity index is 1.83. The topological polar surface area (TPSA) is 160 Å². The van der Waals surface area contributed by atoms with Gasteiger partial charge in [0.05, 0.1) is 12.7 Å². The van der Waals surface area contributed by atoms with E-state index in [1.54, 1.807) is 18.2 Å². The number of phenolic OH excluding ortho intramolecular Hbond substituents is 1. The van der Waals surface area contributed by atoms with Crippen LogP contribution in [0.25, 0.3) is 0 Å². The first-order chi connectivity index (χ1) is 20.0. The van der Waals surface area contributed by atoms with Gasteiger partial charge in [0.2, 0.25) is 17.4 Å². The summed E-state index contributed by atoms with van der Waals surface area (Å²) in [5, 5.41) is 27.2. The quantitative estimate of drug-likeness (QED) is 0.132. The van der Waals surface area contributed by atoms with E-state index < -0.39 is 40.9 Å². The number of nitrogens with two attached hydrogens (primary N) is 1. The highest BCUT2D eigenvalue weighted by atomic mass is 19.1. The molecule has 42 heavy (non-hydrogen) atoms. The van der Waals surface area contributed by atoms with Gasteiger partial charge in [0, 0.05) is 12.1 Å². The first kappa shape index (κ1) is 29.6. The van der Waals surface area contributed by atoms with Gasteiger partial charge in [-0.25, -0.2) is 4.79 Å². The summed E-state index contributed by atoms with van der Waals surface area (Å²) in [6.07, 6.45) is 0. The summed E-state index contributed by atoms with van der Waals surface area (Å²) in [7, 11) is 4.97. The Hall–Kier alpha value is -5.43. The van der Waals surface area contributed by atoms with Crippen molar-refractivity contribution in [3.63, 3.8) is 0 Å². The number of methoxy groups -OCH3 is 1. The van der Waals surface area contributed by atoms with E-state index in [2.05, 4.69) is 4.98 Å². The predicted octanol–water partition coefficient (Wildman–Crippen LogP) is 5.49. The minimum atomic E-state index is -1.42. The third kappa shape index (κ3) is 6.64. The molecule has 0 saturated carbocycles. The molecule has 0 aliphatic carbocycles. The third-order valence-electron chi connectivity index (χ3n) is 5.69. The molecule has 0 saturated heterocycles. The SMILES string of the molecule is COc1cc(C(=O)O)ccc1Oc1c(F)c(Oc2cccc(CN(C)C)c2)nc(Oc2cc(C(=N)N)ccc2O)c1F. The van der Waals surface area contributed by atoms with Crippen molar-refractivity contribution in [1.82, 2.24) is 9.88 Å². The number of aromatic hydroxyl groups is 1. The fourth-order valence-corrected chi connectivity index (χ4v) is 3.75. The molecule has 0 fully saturated rings. The second-order valence-electron chi connectivity index (χ2n) is 9.14. The van der Waals surface area contributed by atoms with E-state index in [9.17, 15) is 15.0 Å². The van der Waals surface area contributed by atoms with Crippen molar-refractivity contribution in [2.75, 3.05) is 21.2 Å². The number of carbonyl (C=O) groups is 1. The Morgan fingerprint density at radius 3 is 2.24 bits per heavy atom. The number of rotatable bonds is 11. The standard InChI is InChI=1S/C29H26F2N4O7/c1-35(2)14-15-5-4-6-18(11-15)40-27-23(30)25(41-20-10-8-17(29(37)38)13-22(20)39-3)24(31)28(34-27)42-21-12-16(26(32)33)7-9-19(21)36/h4-13,36H,14H2,1-3H3,(H3,32,33)(H,37,38). The van der Waals surface area contributed by atoms with Crippen LogP contribution < -0.4 is 24.7 Å². The summed E-state index contributed by atoms with van der Waals surface area (Å²) in [5.41, 5.74) is 6.35. The predicted molar refractivity (Wildman–Crippen MR) is 147 cm³/mol. The van der Waals surface area contributed by atoms with Gasteiger partial charge < -0.3 is 39.8 Å². The maximum absolute atomic E-state index is 15.8. The van der Waals surface area contributed by atoms with Crippen LogP contribution in [0.2, 0.25) is 0 Å². The molecule has 0 atom stereocenters. The number of phenols is 1. The van der Waals surface area contributed by atoms with Crippen molar-refractivity contribution in [3.8, 4) is 46.3 Å². The number of pyridine rings is 1. The molecule has 0 unspecified atom stereocenters. The number of nitrogens with one attached hydrogen (secondary N) is 1. The van der Waals surface area contributed by atoms with Gasteiger partial charge in [-0.2, -0.15) is 13.8 Å². The average Bonchev–Trinajstić information content (AvgIpc) is 2.94. The molecule has 4 rings (SSSR count). The maximum Gasteiger partial charge on any atom is 0.335 e. The summed E-state index contributed by atoms with van der Waals surface area (Å²) in [4.78, 5) is 17.1. The van der Waals surface area contributed by atoms with Crippen LogP contribution in [-0.4, -0.2) is 53.1 Å². The first-order valence-electron chi connectivity index (χ1n) is 12.2. The number of halogens is 2. The third-order valence-corrected chi connectivity index (χ3v) is 5.69. The monoisotopic (exact) mass is 580 g/mol. The summed E-state index contributed by atoms with van der Waals surface area (Å²) in [6, 6.07) is 13.8. The van der Waals surface area contributed by atoms with E-state index in [1.807, 2.05) is 25.1 Å². The van der Waals surface area contributed by atoms with Crippen molar-refractivity contribution in [2.24, 2.45) is 5.73 Å². The molecular weight excluding hydrogens is 554 g/mol. The van der Waals surface area contributed by atoms with Crippen molar-refractivity contribution in [2.45, 2.75) is 6.54 Å². The molecule has 0 spiro atoms. The summed E-state index contributed by atoms with van der Waals surface area (Å²) in [6.45, 7) is 0.553. The second kappa shape index (κ2) is 12.4. The molecular formula is C29H26F2N4O7. The lowest BCUT2D eigenvalue weighted by Gasteiger charge is -2.17. The van der Waals surface area contributed by atoms with Crippen LogP contribution in [0.3, 0.4) is 0 Å². The van der Waals surface area contributed by atoms with Gasteiger partial charge in [-0.1, -0.05) is 12.1 Å². The highest BCUT2D eigenvalue weighted by Gasteiger charge is 2.27. The zero-order valence-electron chi connectivity index (χ0n) is 22.6. The summed E-state index contributed by atoms with van der Waals surface area (Å²) in [5.74, 6) is -7.91. The van der Waals surface area contributed by atoms with Gasteiger partial charge in [-0.3, -0.25) is 5.41 Å². The number of amidine groups is 1. The van der Waals surface area contributed by atoms with Crippen LogP contribution in [0.5, 0.6) is 46.3 Å². The zero-order chi connectivity index (χ0) is 30.6. The first-order valence-corrected chi connectivity index (χ1v) is 12.2. The minimum absolute atomic E-state index is 0.126. The van der Waals surface area contributed by atoms with Crippen LogP contribution in [0.4, 0.5) is 8.78 Å². The maximum atomic E-state index is 15.8. The lowest BCUT2D eigenvalue weighted by atomic mass is 10.2. The van der Waals surface area contributed by atoms with E-state index in [0.29, 0.717) is 6.54 Å². The molecule has 3 aromatic carbocycles. The number of carboxylic acid groups (broad SMARTS) is 1. The van der Waals surface area contributed by atoms with Crippen molar-refractivity contribution >= 4 is 11.8 Å². The largest absolute Gasteiger partial charge is 0.504 e. The van der Waals surface area contributed by atoms with Gasteiger partial charge >= 0.3 is 5.97 Å². The zero-order valence-corrected chi connectivity index (χ0v) is 22.6. The van der Waals surface area contributed by atoms with Gasteiger partial charge in [0.1, 0.15) is 11.6 Å². The van der Waals surface area contributed by atoms with Gasteiger partial charge in [0.25, 0.3) is 11.8 Å². The fraction of sp³-hybridized carbons (Fsp3) is 0.138. The molecule has 1 aromatic heterocycles. The molecule has 0 aliphatic rings. The van der Waals surface area contributed by atoms with Gasteiger partial charge in [0.15, 0.2) is 23.0 Å². The molecule has 5 N–H and O–H groups in total. The number of carboxylic acids is 1. The normalized spacial score (nSPS) is 10.8. The van der Waals surface area contributed by atoms with Crippen molar-refractivity contribution in [1.29, 1.82) is 5.41 Å². The number of ether oxygens (including phenoxy) is 4. The summed E-state index contributed by atoms with van der Waals surface area (Å²) < 4.78 is 53.4.